The van der Waals surface area contributed by atoms with E-state index in [1.807, 2.05) is 18.0 Å². The van der Waals surface area contributed by atoms with Crippen molar-refractivity contribution in [2.75, 3.05) is 7.05 Å². The van der Waals surface area contributed by atoms with E-state index in [1.54, 1.807) is 0 Å². The second kappa shape index (κ2) is 10.6. The number of hydrogen-bond donors (Lipinski definition) is 0. The molecule has 8 aromatic rings. The highest BCUT2D eigenvalue weighted by Gasteiger charge is 2.64. The lowest BCUT2D eigenvalue weighted by Gasteiger charge is -2.59. The molecule has 0 radical (unpaired) electrons. The zero-order valence-electron chi connectivity index (χ0n) is 27.7. The molecular formula is C48H33NO. The predicted molar refractivity (Wildman–Crippen MR) is 204 cm³/mol. The number of amides is 1. The molecule has 1 aliphatic carbocycles. The van der Waals surface area contributed by atoms with Crippen LogP contribution in [0.3, 0.4) is 0 Å². The molecule has 2 atom stereocenters. The lowest BCUT2D eigenvalue weighted by molar-refractivity contribution is -0.140. The van der Waals surface area contributed by atoms with Crippen molar-refractivity contribution in [1.29, 1.82) is 0 Å². The van der Waals surface area contributed by atoms with Crippen molar-refractivity contribution >= 4 is 27.5 Å². The van der Waals surface area contributed by atoms with Crippen molar-refractivity contribution in [3.8, 4) is 22.3 Å². The molecule has 236 valence electrons. The van der Waals surface area contributed by atoms with Crippen LogP contribution in [0.25, 0.3) is 43.8 Å². The van der Waals surface area contributed by atoms with E-state index < -0.39 is 11.0 Å². The Labute approximate surface area is 291 Å². The van der Waals surface area contributed by atoms with Crippen molar-refractivity contribution in [3.05, 3.63) is 215 Å². The van der Waals surface area contributed by atoms with Crippen LogP contribution in [0.2, 0.25) is 0 Å². The zero-order valence-corrected chi connectivity index (χ0v) is 27.7. The monoisotopic (exact) mass is 639 g/mol. The number of fused-ring (bicyclic) bond motifs is 3. The first-order valence-corrected chi connectivity index (χ1v) is 17.3. The summed E-state index contributed by atoms with van der Waals surface area (Å²) in [6.07, 6.45) is 0. The van der Waals surface area contributed by atoms with Gasteiger partial charge in [0.05, 0.1) is 0 Å². The van der Waals surface area contributed by atoms with E-state index in [4.69, 9.17) is 0 Å². The van der Waals surface area contributed by atoms with E-state index in [1.165, 1.54) is 32.8 Å². The average Bonchev–Trinajstić information content (AvgIpc) is 3.19. The van der Waals surface area contributed by atoms with Crippen LogP contribution in [0, 0.1) is 0 Å². The molecule has 1 amide bonds. The second-order valence-electron chi connectivity index (χ2n) is 13.6. The first-order chi connectivity index (χ1) is 24.7. The molecule has 2 heteroatoms. The molecule has 2 unspecified atom stereocenters. The van der Waals surface area contributed by atoms with E-state index in [2.05, 4.69) is 176 Å². The molecule has 2 aliphatic heterocycles. The first-order valence-electron chi connectivity index (χ1n) is 17.3. The number of benzene rings is 8. The van der Waals surface area contributed by atoms with Crippen LogP contribution in [0.15, 0.2) is 182 Å². The minimum Gasteiger partial charge on any atom is -0.326 e. The quantitative estimate of drug-likeness (QED) is 0.176. The maximum atomic E-state index is 15.5. The van der Waals surface area contributed by atoms with Gasteiger partial charge in [-0.15, -0.1) is 0 Å². The third-order valence-corrected chi connectivity index (χ3v) is 11.3. The average molecular weight is 640 g/mol. The largest absolute Gasteiger partial charge is 0.326 e. The topological polar surface area (TPSA) is 20.3 Å². The van der Waals surface area contributed by atoms with Gasteiger partial charge in [-0.2, -0.15) is 0 Å². The van der Waals surface area contributed by atoms with Crippen molar-refractivity contribution in [1.82, 2.24) is 4.90 Å². The summed E-state index contributed by atoms with van der Waals surface area (Å²) in [7, 11) is 2.00. The van der Waals surface area contributed by atoms with Crippen LogP contribution in [0.4, 0.5) is 0 Å². The molecule has 3 aliphatic rings. The Balaban J connectivity index is 1.49. The van der Waals surface area contributed by atoms with E-state index in [9.17, 15) is 0 Å². The molecule has 0 saturated heterocycles. The maximum absolute atomic E-state index is 15.5. The molecule has 0 fully saturated rings. The number of rotatable bonds is 4. The Morgan fingerprint density at radius 3 is 1.36 bits per heavy atom. The van der Waals surface area contributed by atoms with Crippen molar-refractivity contribution in [2.45, 2.75) is 11.0 Å². The summed E-state index contributed by atoms with van der Waals surface area (Å²) in [6.45, 7) is 0. The molecule has 0 spiro atoms. The van der Waals surface area contributed by atoms with Crippen molar-refractivity contribution < 1.29 is 4.79 Å². The Morgan fingerprint density at radius 1 is 0.400 bits per heavy atom. The molecule has 0 saturated carbocycles. The molecule has 2 nitrogen and oxygen atoms in total. The second-order valence-corrected chi connectivity index (χ2v) is 13.6. The summed E-state index contributed by atoms with van der Waals surface area (Å²) in [6, 6.07) is 64.8. The fourth-order valence-electron chi connectivity index (χ4n) is 9.38. The van der Waals surface area contributed by atoms with Gasteiger partial charge in [-0.05, 0) is 89.3 Å². The fourth-order valence-corrected chi connectivity index (χ4v) is 9.38. The minimum absolute atomic E-state index is 0.0865. The van der Waals surface area contributed by atoms with Crippen LogP contribution >= 0.6 is 0 Å². The zero-order chi connectivity index (χ0) is 33.5. The molecular weight excluding hydrogens is 607 g/mol. The third-order valence-electron chi connectivity index (χ3n) is 11.3. The molecule has 0 aromatic heterocycles. The molecule has 2 bridgehead atoms. The van der Waals surface area contributed by atoms with Crippen LogP contribution in [0.1, 0.15) is 33.4 Å². The highest BCUT2D eigenvalue weighted by atomic mass is 16.2. The summed E-state index contributed by atoms with van der Waals surface area (Å²) >= 11 is 0. The molecule has 11 rings (SSSR count). The highest BCUT2D eigenvalue weighted by Crippen LogP contribution is 2.63. The smallest absolute Gasteiger partial charge is 0.243 e. The summed E-state index contributed by atoms with van der Waals surface area (Å²) in [4.78, 5) is 17.6. The highest BCUT2D eigenvalue weighted by molar-refractivity contribution is 6.22. The summed E-state index contributed by atoms with van der Waals surface area (Å²) in [5.41, 5.74) is 9.32. The van der Waals surface area contributed by atoms with Gasteiger partial charge in [-0.1, -0.05) is 170 Å². The predicted octanol–water partition coefficient (Wildman–Crippen LogP) is 10.7. The van der Waals surface area contributed by atoms with Gasteiger partial charge in [0.15, 0.2) is 0 Å². The first kappa shape index (κ1) is 28.7. The van der Waals surface area contributed by atoms with E-state index in [-0.39, 0.29) is 5.91 Å². The van der Waals surface area contributed by atoms with E-state index in [0.29, 0.717) is 0 Å². The Morgan fingerprint density at radius 2 is 0.820 bits per heavy atom. The number of hydrogen-bond acceptors (Lipinski definition) is 1. The maximum Gasteiger partial charge on any atom is 0.243 e. The normalized spacial score (nSPS) is 19.1. The van der Waals surface area contributed by atoms with Crippen LogP contribution in [0.5, 0.6) is 0 Å². The molecule has 2 heterocycles. The molecule has 8 aromatic carbocycles. The lowest BCUT2D eigenvalue weighted by atomic mass is 9.52. The van der Waals surface area contributed by atoms with Gasteiger partial charge in [0.1, 0.15) is 11.0 Å². The van der Waals surface area contributed by atoms with E-state index >= 15 is 4.79 Å². The number of nitrogens with zero attached hydrogens (tertiary/aromatic N) is 1. The Kier molecular flexibility index (Phi) is 6.11. The Bertz CT molecular complexity index is 2610. The lowest BCUT2D eigenvalue weighted by Crippen LogP contribution is -2.66. The van der Waals surface area contributed by atoms with Gasteiger partial charge in [-0.25, -0.2) is 0 Å². The van der Waals surface area contributed by atoms with Crippen molar-refractivity contribution in [3.63, 3.8) is 0 Å². The number of carbonyl (C=O) groups excluding carboxylic acids is 1. The van der Waals surface area contributed by atoms with Crippen LogP contribution in [-0.2, 0) is 15.7 Å². The summed E-state index contributed by atoms with van der Waals surface area (Å²) in [5, 5.41) is 4.73. The van der Waals surface area contributed by atoms with Gasteiger partial charge < -0.3 is 4.90 Å². The van der Waals surface area contributed by atoms with E-state index in [0.717, 1.165) is 44.3 Å². The summed E-state index contributed by atoms with van der Waals surface area (Å²) < 4.78 is 0. The van der Waals surface area contributed by atoms with Crippen LogP contribution < -0.4 is 0 Å². The van der Waals surface area contributed by atoms with Gasteiger partial charge in [0.25, 0.3) is 0 Å². The van der Waals surface area contributed by atoms with Gasteiger partial charge in [0.2, 0.25) is 5.91 Å². The molecule has 0 N–H and O–H groups in total. The summed E-state index contributed by atoms with van der Waals surface area (Å²) in [5.74, 6) is 0.0865. The SMILES string of the molecule is CN1C(=O)C2(c3ccccc3)c3ccccc3C1(c1ccccc1)c1cc3c(-c4ccccc4)c4ccccc4c(-c4ccccc4)c3cc12. The van der Waals surface area contributed by atoms with Crippen LogP contribution in [-0.4, -0.2) is 17.9 Å². The van der Waals surface area contributed by atoms with Crippen molar-refractivity contribution in [2.24, 2.45) is 0 Å². The molecule has 50 heavy (non-hydrogen) atoms. The number of likely N-dealkylation sites (N-methyl/N-ethyl adjacent to an activating group) is 1. The van der Waals surface area contributed by atoms with Gasteiger partial charge >= 0.3 is 0 Å². The van der Waals surface area contributed by atoms with Gasteiger partial charge in [-0.3, -0.25) is 4.79 Å². The standard InChI is InChI=1S/C48H33NO/c1-49-46(50)47(34-22-10-4-11-23-34)40-28-16-17-29-41(40)48(49,35-24-12-5-13-25-35)43-31-39-38(30-42(43)47)44(32-18-6-2-7-19-32)36-26-14-15-27-37(36)45(39)33-20-8-3-9-21-33/h2-31H,1H3. The number of carbonyl (C=O) groups is 1. The van der Waals surface area contributed by atoms with Gasteiger partial charge in [0, 0.05) is 7.05 Å². The minimum atomic E-state index is -1.03. The third kappa shape index (κ3) is 3.55. The fraction of sp³-hybridized carbons (Fsp3) is 0.0625. The Hall–Kier alpha value is -6.25.